The fourth-order valence-corrected chi connectivity index (χ4v) is 4.61. The summed E-state index contributed by atoms with van der Waals surface area (Å²) in [5, 5.41) is 15.6. The molecule has 162 valence electrons. The Bertz CT molecular complexity index is 1250. The largest absolute Gasteiger partial charge is 0.490 e. The van der Waals surface area contributed by atoms with E-state index in [1.54, 1.807) is 11.3 Å². The lowest BCUT2D eigenvalue weighted by Gasteiger charge is -2.23. The summed E-state index contributed by atoms with van der Waals surface area (Å²) < 4.78 is 6.03. The van der Waals surface area contributed by atoms with Gasteiger partial charge in [-0.05, 0) is 74.6 Å². The number of ketones is 1. The number of carbonyl (C=O) groups is 1. The molecule has 0 radical (unpaired) electrons. The highest BCUT2D eigenvalue weighted by molar-refractivity contribution is 7.14. The molecule has 0 saturated carbocycles. The number of hydrogen-bond donors (Lipinski definition) is 1. The average Bonchev–Trinajstić information content (AvgIpc) is 3.26. The van der Waals surface area contributed by atoms with Crippen LogP contribution in [0.2, 0.25) is 0 Å². The minimum Gasteiger partial charge on any atom is -0.490 e. The van der Waals surface area contributed by atoms with Gasteiger partial charge < -0.3 is 10.1 Å². The zero-order valence-electron chi connectivity index (χ0n) is 17.9. The van der Waals surface area contributed by atoms with E-state index in [4.69, 9.17) is 4.74 Å². The lowest BCUT2D eigenvalue weighted by Crippen LogP contribution is -2.34. The Hall–Kier alpha value is -3.16. The highest BCUT2D eigenvalue weighted by atomic mass is 32.1. The lowest BCUT2D eigenvalue weighted by molar-refractivity contribution is 0.0992. The van der Waals surface area contributed by atoms with E-state index in [0.717, 1.165) is 63.7 Å². The van der Waals surface area contributed by atoms with Gasteiger partial charge in [-0.1, -0.05) is 23.5 Å². The number of rotatable bonds is 6. The fraction of sp³-hybridized carbons (Fsp3) is 0.280. The first-order valence-electron chi connectivity index (χ1n) is 10.8. The molecule has 1 N–H and O–H groups in total. The Morgan fingerprint density at radius 3 is 2.62 bits per heavy atom. The number of aryl methyl sites for hydroxylation is 1. The molecule has 0 atom stereocenters. The van der Waals surface area contributed by atoms with Crippen LogP contribution in [0.25, 0.3) is 21.3 Å². The van der Waals surface area contributed by atoms with Gasteiger partial charge in [0, 0.05) is 28.4 Å². The molecule has 0 amide bonds. The smallest absolute Gasteiger partial charge is 0.168 e. The van der Waals surface area contributed by atoms with Gasteiger partial charge in [0.2, 0.25) is 0 Å². The second-order valence-electron chi connectivity index (χ2n) is 8.06. The number of nitrogens with zero attached hydrogens (tertiary/aromatic N) is 3. The van der Waals surface area contributed by atoms with Crippen molar-refractivity contribution in [2.24, 2.45) is 0 Å². The van der Waals surface area contributed by atoms with Gasteiger partial charge in [0.15, 0.2) is 5.78 Å². The van der Waals surface area contributed by atoms with E-state index in [1.807, 2.05) is 55.6 Å². The minimum atomic E-state index is 0.0427. The summed E-state index contributed by atoms with van der Waals surface area (Å²) in [7, 11) is 0. The number of fused-ring (bicyclic) bond motifs is 1. The molecule has 0 spiro atoms. The van der Waals surface area contributed by atoms with E-state index < -0.39 is 0 Å². The van der Waals surface area contributed by atoms with Crippen molar-refractivity contribution in [2.45, 2.75) is 32.3 Å². The minimum absolute atomic E-state index is 0.0427. The molecule has 2 aromatic heterocycles. The number of hydrogen-bond acceptors (Lipinski definition) is 7. The zero-order chi connectivity index (χ0) is 21.9. The lowest BCUT2D eigenvalue weighted by atomic mass is 10.0. The molecule has 0 aliphatic carbocycles. The van der Waals surface area contributed by atoms with Crippen molar-refractivity contribution >= 4 is 27.9 Å². The van der Waals surface area contributed by atoms with E-state index in [1.165, 1.54) is 0 Å². The summed E-state index contributed by atoms with van der Waals surface area (Å²) in [6, 6.07) is 15.6. The third-order valence-corrected chi connectivity index (χ3v) is 6.55. The van der Waals surface area contributed by atoms with Crippen molar-refractivity contribution < 1.29 is 9.53 Å². The molecule has 3 heterocycles. The average molecular weight is 445 g/mol. The number of ether oxygens (including phenoxy) is 1. The van der Waals surface area contributed by atoms with Crippen LogP contribution in [0.4, 0.5) is 0 Å². The van der Waals surface area contributed by atoms with E-state index in [-0.39, 0.29) is 18.3 Å². The second-order valence-corrected chi connectivity index (χ2v) is 9.24. The molecule has 6 nitrogen and oxygen atoms in total. The van der Waals surface area contributed by atoms with Gasteiger partial charge in [0.05, 0.1) is 6.42 Å². The molecule has 1 fully saturated rings. The third kappa shape index (κ3) is 4.69. The molecule has 1 aliphatic rings. The van der Waals surface area contributed by atoms with E-state index in [2.05, 4.69) is 26.6 Å². The van der Waals surface area contributed by atoms with Crippen LogP contribution in [0.1, 0.15) is 33.9 Å². The molecule has 2 aromatic carbocycles. The Balaban J connectivity index is 1.29. The molecular weight excluding hydrogens is 420 g/mol. The summed E-state index contributed by atoms with van der Waals surface area (Å²) in [5.74, 6) is 0.859. The van der Waals surface area contributed by atoms with Gasteiger partial charge in [0.25, 0.3) is 0 Å². The molecule has 1 saturated heterocycles. The quantitative estimate of drug-likeness (QED) is 0.438. The number of carbonyl (C=O) groups excluding carboxylic acids is 1. The van der Waals surface area contributed by atoms with E-state index in [0.29, 0.717) is 5.56 Å². The summed E-state index contributed by atoms with van der Waals surface area (Å²) >= 11 is 1.57. The first-order chi connectivity index (χ1) is 15.6. The van der Waals surface area contributed by atoms with Crippen molar-refractivity contribution in [3.63, 3.8) is 0 Å². The Morgan fingerprint density at radius 1 is 1.06 bits per heavy atom. The van der Waals surface area contributed by atoms with Crippen molar-refractivity contribution in [2.75, 3.05) is 13.1 Å². The summed E-state index contributed by atoms with van der Waals surface area (Å²) in [5.41, 5.74) is 2.45. The SMILES string of the molecule is Cc1nnc(-c2ccc3cnc(CC(=O)c4ccc(OC5CCNCC5)cc4)cc3c2)s1. The van der Waals surface area contributed by atoms with Gasteiger partial charge >= 0.3 is 0 Å². The van der Waals surface area contributed by atoms with Gasteiger partial charge in [-0.2, -0.15) is 0 Å². The molecule has 7 heteroatoms. The number of benzene rings is 2. The maximum absolute atomic E-state index is 12.8. The molecule has 4 aromatic rings. The van der Waals surface area contributed by atoms with Gasteiger partial charge in [0.1, 0.15) is 21.9 Å². The molecular formula is C25H24N4O2S. The van der Waals surface area contributed by atoms with Crippen LogP contribution >= 0.6 is 11.3 Å². The molecule has 5 rings (SSSR count). The Kier molecular flexibility index (Phi) is 5.92. The van der Waals surface area contributed by atoms with Crippen LogP contribution in [-0.2, 0) is 6.42 Å². The van der Waals surface area contributed by atoms with Gasteiger partial charge in [-0.3, -0.25) is 9.78 Å². The maximum Gasteiger partial charge on any atom is 0.168 e. The van der Waals surface area contributed by atoms with Crippen molar-refractivity contribution in [1.82, 2.24) is 20.5 Å². The van der Waals surface area contributed by atoms with Crippen LogP contribution in [-0.4, -0.2) is 40.2 Å². The van der Waals surface area contributed by atoms with E-state index in [9.17, 15) is 4.79 Å². The molecule has 0 bridgehead atoms. The standard InChI is InChI=1S/C25H24N4O2S/c1-16-28-29-25(32-16)18-2-3-19-15-27-21(13-20(19)12-18)14-24(30)17-4-6-22(7-5-17)31-23-8-10-26-11-9-23/h2-7,12-13,15,23,26H,8-11,14H2,1H3. The highest BCUT2D eigenvalue weighted by Gasteiger charge is 2.15. The third-order valence-electron chi connectivity index (χ3n) is 5.66. The van der Waals surface area contributed by atoms with Crippen molar-refractivity contribution in [3.05, 3.63) is 71.0 Å². The Morgan fingerprint density at radius 2 is 1.88 bits per heavy atom. The number of nitrogens with one attached hydrogen (secondary N) is 1. The van der Waals surface area contributed by atoms with Crippen molar-refractivity contribution in [1.29, 1.82) is 0 Å². The molecule has 0 unspecified atom stereocenters. The van der Waals surface area contributed by atoms with Crippen molar-refractivity contribution in [3.8, 4) is 16.3 Å². The van der Waals surface area contributed by atoms with Gasteiger partial charge in [-0.25, -0.2) is 0 Å². The van der Waals surface area contributed by atoms with Crippen LogP contribution in [0, 0.1) is 6.92 Å². The molecule has 1 aliphatic heterocycles. The number of aromatic nitrogens is 3. The van der Waals surface area contributed by atoms with Crippen LogP contribution in [0.3, 0.4) is 0 Å². The Labute approximate surface area is 190 Å². The monoisotopic (exact) mass is 444 g/mol. The number of piperidine rings is 1. The number of pyridine rings is 1. The predicted octanol–water partition coefficient (Wildman–Crippen LogP) is 4.62. The fourth-order valence-electron chi connectivity index (χ4n) is 3.92. The summed E-state index contributed by atoms with van der Waals surface area (Å²) in [6.45, 7) is 3.92. The summed E-state index contributed by atoms with van der Waals surface area (Å²) in [6.07, 6.45) is 4.34. The van der Waals surface area contributed by atoms with Crippen LogP contribution < -0.4 is 10.1 Å². The zero-order valence-corrected chi connectivity index (χ0v) is 18.7. The topological polar surface area (TPSA) is 77.0 Å². The second kappa shape index (κ2) is 9.14. The highest BCUT2D eigenvalue weighted by Crippen LogP contribution is 2.27. The normalized spacial score (nSPS) is 14.5. The predicted molar refractivity (Wildman–Crippen MR) is 126 cm³/mol. The van der Waals surface area contributed by atoms with Crippen LogP contribution in [0.15, 0.2) is 54.7 Å². The number of Topliss-reactive ketones (excluding diaryl/α,β-unsaturated/α-hetero) is 1. The summed E-state index contributed by atoms with van der Waals surface area (Å²) in [4.78, 5) is 17.3. The van der Waals surface area contributed by atoms with E-state index >= 15 is 0 Å². The van der Waals surface area contributed by atoms with Crippen LogP contribution in [0.5, 0.6) is 5.75 Å². The first-order valence-corrected chi connectivity index (χ1v) is 11.7. The molecule has 32 heavy (non-hydrogen) atoms. The van der Waals surface area contributed by atoms with Gasteiger partial charge in [-0.15, -0.1) is 10.2 Å². The maximum atomic E-state index is 12.8. The first kappa shape index (κ1) is 20.7.